The van der Waals surface area contributed by atoms with Gasteiger partial charge in [0.1, 0.15) is 41.4 Å². The van der Waals surface area contributed by atoms with Gasteiger partial charge in [-0.2, -0.15) is 9.97 Å². The molecule has 3 saturated heterocycles. The molecular formula is C34H36F3N5O3. The molecule has 9 rings (SSSR count). The van der Waals surface area contributed by atoms with Crippen LogP contribution in [0.1, 0.15) is 44.1 Å². The van der Waals surface area contributed by atoms with Gasteiger partial charge in [-0.25, -0.2) is 13.2 Å². The molecule has 1 unspecified atom stereocenters. The van der Waals surface area contributed by atoms with Gasteiger partial charge in [-0.3, -0.25) is 9.88 Å². The van der Waals surface area contributed by atoms with E-state index in [2.05, 4.69) is 19.8 Å². The van der Waals surface area contributed by atoms with E-state index in [-0.39, 0.29) is 41.6 Å². The molecule has 0 aliphatic carbocycles. The van der Waals surface area contributed by atoms with E-state index in [1.54, 1.807) is 12.3 Å². The number of ether oxygens (including phenoxy) is 2. The summed E-state index contributed by atoms with van der Waals surface area (Å²) >= 11 is 0. The Balaban J connectivity index is 1.30. The zero-order valence-corrected chi connectivity index (χ0v) is 25.1. The lowest BCUT2D eigenvalue weighted by Crippen LogP contribution is -2.43. The number of piperidine rings is 1. The third-order valence-electron chi connectivity index (χ3n) is 10.3. The predicted molar refractivity (Wildman–Crippen MR) is 164 cm³/mol. The SMILES string of the molecule is Oc1cc2c3c(c(F)ccc3c1)CCOCCC1CCCN(C1)c1nc(OC[C@@]34CCCN3C[C@H](F)C4)nc3c(F)c-2ncc13. The highest BCUT2D eigenvalue weighted by molar-refractivity contribution is 6.01. The van der Waals surface area contributed by atoms with Crippen molar-refractivity contribution in [1.29, 1.82) is 0 Å². The van der Waals surface area contributed by atoms with E-state index < -0.39 is 23.3 Å². The Hall–Kier alpha value is -3.70. The maximum Gasteiger partial charge on any atom is 0.319 e. The molecule has 0 amide bonds. The fourth-order valence-electron chi connectivity index (χ4n) is 8.11. The van der Waals surface area contributed by atoms with Crippen LogP contribution < -0.4 is 9.64 Å². The zero-order chi connectivity index (χ0) is 30.7. The average Bonchev–Trinajstić information content (AvgIpc) is 3.56. The molecule has 3 fully saturated rings. The summed E-state index contributed by atoms with van der Waals surface area (Å²) in [5, 5.41) is 12.1. The minimum atomic E-state index is -0.902. The molecule has 0 spiro atoms. The topological polar surface area (TPSA) is 83.8 Å². The summed E-state index contributed by atoms with van der Waals surface area (Å²) in [6, 6.07) is 5.94. The van der Waals surface area contributed by atoms with Crippen molar-refractivity contribution in [2.75, 3.05) is 50.9 Å². The van der Waals surface area contributed by atoms with Gasteiger partial charge in [0.2, 0.25) is 0 Å². The Kier molecular flexibility index (Phi) is 7.20. The predicted octanol–water partition coefficient (Wildman–Crippen LogP) is 5.96. The van der Waals surface area contributed by atoms with Gasteiger partial charge in [-0.05, 0) is 85.5 Å². The van der Waals surface area contributed by atoms with Crippen LogP contribution in [0.3, 0.4) is 0 Å². The highest BCUT2D eigenvalue weighted by Crippen LogP contribution is 2.42. The first-order valence-corrected chi connectivity index (χ1v) is 16.0. The number of fused-ring (bicyclic) bond motifs is 6. The minimum absolute atomic E-state index is 0.0381. The van der Waals surface area contributed by atoms with E-state index in [0.717, 1.165) is 45.2 Å². The number of hydrogen-bond acceptors (Lipinski definition) is 8. The summed E-state index contributed by atoms with van der Waals surface area (Å²) in [4.78, 5) is 18.3. The molecule has 2 aromatic heterocycles. The number of anilines is 1. The normalized spacial score (nSPS) is 25.4. The molecule has 5 aliphatic rings. The van der Waals surface area contributed by atoms with Crippen LogP contribution >= 0.6 is 0 Å². The number of phenols is 1. The third-order valence-corrected chi connectivity index (χ3v) is 10.3. The Morgan fingerprint density at radius 2 is 1.98 bits per heavy atom. The van der Waals surface area contributed by atoms with Gasteiger partial charge in [0.25, 0.3) is 0 Å². The molecule has 236 valence electrons. The van der Waals surface area contributed by atoms with Crippen molar-refractivity contribution in [2.24, 2.45) is 5.92 Å². The maximum atomic E-state index is 16.8. The number of nitrogens with zero attached hydrogens (tertiary/aromatic N) is 5. The number of pyridine rings is 1. The summed E-state index contributed by atoms with van der Waals surface area (Å²) in [6.07, 6.45) is 5.97. The minimum Gasteiger partial charge on any atom is -0.508 e. The molecule has 45 heavy (non-hydrogen) atoms. The first-order chi connectivity index (χ1) is 21.9. The number of rotatable bonds is 3. The molecular weight excluding hydrogens is 583 g/mol. The van der Waals surface area contributed by atoms with Crippen LogP contribution in [-0.2, 0) is 11.2 Å². The van der Waals surface area contributed by atoms with Crippen LogP contribution in [0.4, 0.5) is 19.0 Å². The standard InChI is InChI=1S/C34H36F3N5O3/c35-22-15-34(8-2-10-42(34)18-22)19-45-33-39-31-26-16-38-30(29(31)37)25-14-23(43)13-21-4-5-27(36)24(28(21)25)7-12-44-11-6-20-3-1-9-41(17-20)32(26)40-33/h4-5,13-14,16,20,22,43H,1-3,6-12,15,17-19H2/t20?,22-,34+/m1/s1. The summed E-state index contributed by atoms with van der Waals surface area (Å²) in [7, 11) is 0. The van der Waals surface area contributed by atoms with Crippen LogP contribution in [-0.4, -0.2) is 82.7 Å². The fraction of sp³-hybridized carbons (Fsp3) is 0.500. The summed E-state index contributed by atoms with van der Waals surface area (Å²) in [5.74, 6) is -0.324. The molecule has 2 aromatic carbocycles. The van der Waals surface area contributed by atoms with E-state index in [1.165, 1.54) is 18.2 Å². The lowest BCUT2D eigenvalue weighted by atomic mass is 9.93. The number of aromatic hydroxyl groups is 1. The number of benzene rings is 2. The largest absolute Gasteiger partial charge is 0.508 e. The van der Waals surface area contributed by atoms with Gasteiger partial charge in [0.05, 0.1) is 17.5 Å². The van der Waals surface area contributed by atoms with Gasteiger partial charge in [0, 0.05) is 44.4 Å². The van der Waals surface area contributed by atoms with E-state index in [9.17, 15) is 9.50 Å². The van der Waals surface area contributed by atoms with Crippen LogP contribution in [0.25, 0.3) is 32.9 Å². The van der Waals surface area contributed by atoms with E-state index in [1.807, 2.05) is 0 Å². The lowest BCUT2D eigenvalue weighted by Gasteiger charge is -2.34. The Labute approximate surface area is 259 Å². The van der Waals surface area contributed by atoms with Gasteiger partial charge in [0.15, 0.2) is 5.82 Å². The number of phenolic OH excluding ortho intramolecular Hbond substituents is 1. The molecule has 3 atom stereocenters. The second-order valence-corrected chi connectivity index (χ2v) is 13.1. The van der Waals surface area contributed by atoms with Gasteiger partial charge >= 0.3 is 6.01 Å². The summed E-state index contributed by atoms with van der Waals surface area (Å²) < 4.78 is 58.9. The van der Waals surface area contributed by atoms with Crippen LogP contribution in [0.5, 0.6) is 11.8 Å². The number of alkyl halides is 1. The number of halogens is 3. The van der Waals surface area contributed by atoms with Crippen LogP contribution in [0, 0.1) is 17.6 Å². The lowest BCUT2D eigenvalue weighted by molar-refractivity contribution is 0.107. The van der Waals surface area contributed by atoms with E-state index in [0.29, 0.717) is 66.2 Å². The van der Waals surface area contributed by atoms with Crippen molar-refractivity contribution in [3.05, 3.63) is 47.7 Å². The molecule has 4 aromatic rings. The van der Waals surface area contributed by atoms with Crippen LogP contribution in [0.15, 0.2) is 30.5 Å². The molecule has 5 aliphatic heterocycles. The van der Waals surface area contributed by atoms with Gasteiger partial charge in [-0.15, -0.1) is 0 Å². The molecule has 8 nitrogen and oxygen atoms in total. The number of hydrogen-bond donors (Lipinski definition) is 1. The van der Waals surface area contributed by atoms with Crippen molar-refractivity contribution < 1.29 is 27.8 Å². The molecule has 0 radical (unpaired) electrons. The highest BCUT2D eigenvalue weighted by Gasteiger charge is 2.49. The summed E-state index contributed by atoms with van der Waals surface area (Å²) in [5.41, 5.74) is 0.238. The van der Waals surface area contributed by atoms with Gasteiger partial charge in [-0.1, -0.05) is 6.07 Å². The van der Waals surface area contributed by atoms with Gasteiger partial charge < -0.3 is 19.5 Å². The molecule has 0 saturated carbocycles. The Morgan fingerprint density at radius 3 is 2.89 bits per heavy atom. The Bertz CT molecular complexity index is 1790. The second-order valence-electron chi connectivity index (χ2n) is 13.1. The number of aromatic nitrogens is 3. The second kappa shape index (κ2) is 11.3. The van der Waals surface area contributed by atoms with E-state index >= 15 is 8.78 Å². The van der Waals surface area contributed by atoms with E-state index in [4.69, 9.17) is 14.5 Å². The van der Waals surface area contributed by atoms with Crippen molar-refractivity contribution in [3.8, 4) is 23.0 Å². The zero-order valence-electron chi connectivity index (χ0n) is 25.1. The molecule has 11 heteroatoms. The third kappa shape index (κ3) is 5.04. The first kappa shape index (κ1) is 28.8. The monoisotopic (exact) mass is 619 g/mol. The molecule has 7 heterocycles. The maximum absolute atomic E-state index is 16.8. The van der Waals surface area contributed by atoms with Crippen molar-refractivity contribution in [2.45, 2.75) is 56.7 Å². The first-order valence-electron chi connectivity index (χ1n) is 16.0. The summed E-state index contributed by atoms with van der Waals surface area (Å²) in [6.45, 7) is 3.76. The molecule has 1 N–H and O–H groups in total. The van der Waals surface area contributed by atoms with Crippen molar-refractivity contribution >= 4 is 27.5 Å². The smallest absolute Gasteiger partial charge is 0.319 e. The van der Waals surface area contributed by atoms with Crippen molar-refractivity contribution in [1.82, 2.24) is 19.9 Å². The Morgan fingerprint density at radius 1 is 1.07 bits per heavy atom. The fourth-order valence-corrected chi connectivity index (χ4v) is 8.11. The quantitative estimate of drug-likeness (QED) is 0.301. The van der Waals surface area contributed by atoms with Crippen LogP contribution in [0.2, 0.25) is 0 Å². The molecule has 6 bridgehead atoms. The van der Waals surface area contributed by atoms with Crippen molar-refractivity contribution in [3.63, 3.8) is 0 Å². The highest BCUT2D eigenvalue weighted by atomic mass is 19.1. The average molecular weight is 620 g/mol.